The zero-order valence-corrected chi connectivity index (χ0v) is 26.7. The van der Waals surface area contributed by atoms with Crippen molar-refractivity contribution in [2.24, 2.45) is 0 Å². The quantitative estimate of drug-likeness (QED) is 0.119. The number of rotatable bonds is 15. The maximum atomic E-state index is 13.1. The molecule has 1 unspecified atom stereocenters. The number of likely N-dealkylation sites (N-methyl/N-ethyl adjacent to an activating group) is 1. The molecule has 0 aromatic heterocycles. The Labute approximate surface area is 271 Å². The summed E-state index contributed by atoms with van der Waals surface area (Å²) in [4.78, 5) is 42.0. The number of ether oxygens (including phenoxy) is 1. The van der Waals surface area contributed by atoms with Gasteiger partial charge < -0.3 is 19.6 Å². The van der Waals surface area contributed by atoms with Crippen LogP contribution in [-0.4, -0.2) is 82.6 Å². The van der Waals surface area contributed by atoms with Crippen molar-refractivity contribution in [1.82, 2.24) is 14.7 Å². The standard InChI is InChI=1S/C36H44N4O6/c1-4-22-39(35(43)46-26-28-15-17-32(18-16-28)40(44)45)31-19-23-38(24-20-31)25-21-36(2,30-13-9-6-10-14-30)27-37(3)33(34(41)42)29-11-7-5-8-12-29/h4-18,31,33H,1,19-27H2,2-3H3,(H,41,42)/t33?,36-/m1/s1. The predicted octanol–water partition coefficient (Wildman–Crippen LogP) is 6.29. The van der Waals surface area contributed by atoms with Crippen LogP contribution in [0.25, 0.3) is 0 Å². The van der Waals surface area contributed by atoms with E-state index in [0.29, 0.717) is 18.7 Å². The number of likely N-dealkylation sites (tertiary alicyclic amines) is 1. The van der Waals surface area contributed by atoms with E-state index < -0.39 is 23.0 Å². The summed E-state index contributed by atoms with van der Waals surface area (Å²) in [5, 5.41) is 21.1. The van der Waals surface area contributed by atoms with Gasteiger partial charge in [-0.3, -0.25) is 19.8 Å². The van der Waals surface area contributed by atoms with Gasteiger partial charge in [0.1, 0.15) is 12.6 Å². The molecule has 0 bridgehead atoms. The number of nitro benzene ring substituents is 1. The minimum absolute atomic E-state index is 0.00690. The van der Waals surface area contributed by atoms with Crippen LogP contribution in [0.15, 0.2) is 97.6 Å². The lowest BCUT2D eigenvalue weighted by molar-refractivity contribution is -0.384. The van der Waals surface area contributed by atoms with Crippen molar-refractivity contribution in [3.05, 3.63) is 124 Å². The first-order valence-electron chi connectivity index (χ1n) is 15.6. The number of carbonyl (C=O) groups excluding carboxylic acids is 1. The Morgan fingerprint density at radius 1 is 1.07 bits per heavy atom. The molecule has 2 atom stereocenters. The molecule has 0 saturated carbocycles. The van der Waals surface area contributed by atoms with Crippen molar-refractivity contribution in [1.29, 1.82) is 0 Å². The van der Waals surface area contributed by atoms with Crippen LogP contribution in [0, 0.1) is 10.1 Å². The molecule has 1 heterocycles. The highest BCUT2D eigenvalue weighted by Crippen LogP contribution is 2.33. The SMILES string of the molecule is C=CCN(C(=O)OCc1ccc([N+](=O)[O-])cc1)C1CCN(CC[C@](C)(CN(C)C(C(=O)O)c2ccccc2)c2ccccc2)CC1. The van der Waals surface area contributed by atoms with Crippen LogP contribution in [0.1, 0.15) is 48.9 Å². The topological polar surface area (TPSA) is 116 Å². The lowest BCUT2D eigenvalue weighted by Crippen LogP contribution is -2.49. The van der Waals surface area contributed by atoms with Crippen molar-refractivity contribution < 1.29 is 24.4 Å². The summed E-state index contributed by atoms with van der Waals surface area (Å²) in [6, 6.07) is 24.9. The fourth-order valence-electron chi connectivity index (χ4n) is 6.33. The number of carbonyl (C=O) groups is 2. The number of amides is 1. The Kier molecular flexibility index (Phi) is 12.1. The molecule has 1 fully saturated rings. The molecule has 3 aromatic rings. The van der Waals surface area contributed by atoms with Crippen molar-refractivity contribution in [2.75, 3.05) is 39.8 Å². The van der Waals surface area contributed by atoms with E-state index in [1.165, 1.54) is 17.7 Å². The number of aliphatic carboxylic acids is 1. The Morgan fingerprint density at radius 2 is 1.67 bits per heavy atom. The van der Waals surface area contributed by atoms with E-state index in [1.807, 2.05) is 60.5 Å². The van der Waals surface area contributed by atoms with Gasteiger partial charge in [-0.25, -0.2) is 4.79 Å². The van der Waals surface area contributed by atoms with E-state index in [1.54, 1.807) is 23.1 Å². The number of benzene rings is 3. The highest BCUT2D eigenvalue weighted by atomic mass is 16.6. The summed E-state index contributed by atoms with van der Waals surface area (Å²) in [6.07, 6.45) is 3.68. The highest BCUT2D eigenvalue weighted by Gasteiger charge is 2.35. The first-order chi connectivity index (χ1) is 22.1. The molecule has 1 aliphatic heterocycles. The summed E-state index contributed by atoms with van der Waals surface area (Å²) in [5.41, 5.74) is 2.29. The molecule has 10 nitrogen and oxygen atoms in total. The third-order valence-corrected chi connectivity index (χ3v) is 8.91. The number of non-ortho nitro benzene ring substituents is 1. The number of carboxylic acids is 1. The Morgan fingerprint density at radius 3 is 2.24 bits per heavy atom. The first kappa shape index (κ1) is 34.3. The lowest BCUT2D eigenvalue weighted by Gasteiger charge is -2.41. The molecular weight excluding hydrogens is 584 g/mol. The minimum atomic E-state index is -0.874. The largest absolute Gasteiger partial charge is 0.480 e. The van der Waals surface area contributed by atoms with Gasteiger partial charge in [0.05, 0.1) is 4.92 Å². The van der Waals surface area contributed by atoms with Gasteiger partial charge in [0.25, 0.3) is 5.69 Å². The molecule has 1 amide bonds. The van der Waals surface area contributed by atoms with E-state index in [-0.39, 0.29) is 23.8 Å². The summed E-state index contributed by atoms with van der Waals surface area (Å²) >= 11 is 0. The van der Waals surface area contributed by atoms with Crippen molar-refractivity contribution in [2.45, 2.75) is 50.3 Å². The van der Waals surface area contributed by atoms with Crippen molar-refractivity contribution in [3.8, 4) is 0 Å². The number of nitrogens with zero attached hydrogens (tertiary/aromatic N) is 4. The summed E-state index contributed by atoms with van der Waals surface area (Å²) in [5.74, 6) is -0.874. The van der Waals surface area contributed by atoms with Gasteiger partial charge in [-0.05, 0) is 61.7 Å². The Hall–Kier alpha value is -4.54. The van der Waals surface area contributed by atoms with Crippen LogP contribution in [-0.2, 0) is 21.6 Å². The third-order valence-electron chi connectivity index (χ3n) is 8.91. The van der Waals surface area contributed by atoms with Crippen molar-refractivity contribution in [3.63, 3.8) is 0 Å². The highest BCUT2D eigenvalue weighted by molar-refractivity contribution is 5.75. The molecule has 46 heavy (non-hydrogen) atoms. The van der Waals surface area contributed by atoms with Crippen LogP contribution in [0.2, 0.25) is 0 Å². The van der Waals surface area contributed by atoms with E-state index in [9.17, 15) is 24.8 Å². The second-order valence-corrected chi connectivity index (χ2v) is 12.2. The monoisotopic (exact) mass is 628 g/mol. The van der Waals surface area contributed by atoms with Gasteiger partial charge in [0.2, 0.25) is 0 Å². The maximum Gasteiger partial charge on any atom is 0.410 e. The number of piperidine rings is 1. The first-order valence-corrected chi connectivity index (χ1v) is 15.6. The molecule has 3 aromatic carbocycles. The number of nitro groups is 1. The van der Waals surface area contributed by atoms with E-state index >= 15 is 0 Å². The van der Waals surface area contributed by atoms with Gasteiger partial charge >= 0.3 is 12.1 Å². The molecule has 10 heteroatoms. The van der Waals surface area contributed by atoms with Gasteiger partial charge in [0.15, 0.2) is 0 Å². The molecule has 0 aliphatic carbocycles. The lowest BCUT2D eigenvalue weighted by atomic mass is 9.78. The van der Waals surface area contributed by atoms with Gasteiger partial charge in [-0.1, -0.05) is 73.7 Å². The predicted molar refractivity (Wildman–Crippen MR) is 178 cm³/mol. The summed E-state index contributed by atoms with van der Waals surface area (Å²) < 4.78 is 5.58. The number of carboxylic acid groups (broad SMARTS) is 1. The second-order valence-electron chi connectivity index (χ2n) is 12.2. The van der Waals surface area contributed by atoms with Gasteiger partial charge in [0, 0.05) is 49.8 Å². The maximum absolute atomic E-state index is 13.1. The zero-order valence-electron chi connectivity index (χ0n) is 26.7. The summed E-state index contributed by atoms with van der Waals surface area (Å²) in [6.45, 7) is 9.46. The number of hydrogen-bond donors (Lipinski definition) is 1. The average molecular weight is 629 g/mol. The zero-order chi connectivity index (χ0) is 33.1. The molecule has 0 radical (unpaired) electrons. The molecule has 1 N–H and O–H groups in total. The van der Waals surface area contributed by atoms with Crippen LogP contribution in [0.4, 0.5) is 10.5 Å². The normalized spacial score (nSPS) is 15.9. The summed E-state index contributed by atoms with van der Waals surface area (Å²) in [7, 11) is 1.88. The smallest absolute Gasteiger partial charge is 0.410 e. The Balaban J connectivity index is 1.36. The van der Waals surface area contributed by atoms with Crippen LogP contribution in [0.3, 0.4) is 0 Å². The van der Waals surface area contributed by atoms with Crippen LogP contribution < -0.4 is 0 Å². The molecular formula is C36H44N4O6. The van der Waals surface area contributed by atoms with Crippen molar-refractivity contribution >= 4 is 17.7 Å². The second kappa shape index (κ2) is 16.1. The van der Waals surface area contributed by atoms with Gasteiger partial charge in [-0.15, -0.1) is 6.58 Å². The Bertz CT molecular complexity index is 1440. The van der Waals surface area contributed by atoms with E-state index in [2.05, 4.69) is 30.5 Å². The minimum Gasteiger partial charge on any atom is -0.480 e. The van der Waals surface area contributed by atoms with E-state index in [4.69, 9.17) is 4.74 Å². The molecule has 1 saturated heterocycles. The fourth-order valence-corrected chi connectivity index (χ4v) is 6.33. The van der Waals surface area contributed by atoms with Gasteiger partial charge in [-0.2, -0.15) is 0 Å². The fraction of sp³-hybridized carbons (Fsp3) is 0.389. The number of hydrogen-bond acceptors (Lipinski definition) is 7. The molecule has 0 spiro atoms. The molecule has 1 aliphatic rings. The third kappa shape index (κ3) is 9.02. The molecule has 244 valence electrons. The molecule has 4 rings (SSSR count). The van der Waals surface area contributed by atoms with Crippen LogP contribution >= 0.6 is 0 Å². The van der Waals surface area contributed by atoms with Crippen LogP contribution in [0.5, 0.6) is 0 Å². The van der Waals surface area contributed by atoms with E-state index in [0.717, 1.165) is 44.5 Å². The average Bonchev–Trinajstić information content (AvgIpc) is 3.06.